The Balaban J connectivity index is 1.85. The molecular formula is C24H23NO4. The molecule has 0 saturated carbocycles. The van der Waals surface area contributed by atoms with E-state index in [-0.39, 0.29) is 12.2 Å². The third kappa shape index (κ3) is 5.05. The largest absolute Gasteiger partial charge is 0.497 e. The summed E-state index contributed by atoms with van der Waals surface area (Å²) in [6.07, 6.45) is 1.35. The van der Waals surface area contributed by atoms with Crippen molar-refractivity contribution in [1.29, 1.82) is 0 Å². The van der Waals surface area contributed by atoms with Crippen LogP contribution in [0, 0.1) is 11.8 Å². The summed E-state index contributed by atoms with van der Waals surface area (Å²) in [6, 6.07) is 14.7. The number of Topliss-reactive ketones (excluding diaryl/α,β-unsaturated/α-hetero) is 1. The number of hydrogen-bond donors (Lipinski definition) is 0. The fourth-order valence-corrected chi connectivity index (χ4v) is 2.85. The van der Waals surface area contributed by atoms with Crippen molar-refractivity contribution in [2.45, 2.75) is 32.8 Å². The number of carbonyl (C=O) groups is 2. The third-order valence-electron chi connectivity index (χ3n) is 4.16. The Morgan fingerprint density at radius 2 is 1.72 bits per heavy atom. The number of fused-ring (bicyclic) bond motifs is 1. The van der Waals surface area contributed by atoms with E-state index in [1.807, 2.05) is 69.3 Å². The summed E-state index contributed by atoms with van der Waals surface area (Å²) in [7, 11) is 1.60. The molecule has 1 heterocycles. The number of hydrogen-bond acceptors (Lipinski definition) is 4. The molecule has 5 nitrogen and oxygen atoms in total. The molecule has 5 heteroatoms. The van der Waals surface area contributed by atoms with E-state index in [9.17, 15) is 9.59 Å². The minimum Gasteiger partial charge on any atom is -0.497 e. The summed E-state index contributed by atoms with van der Waals surface area (Å²) < 4.78 is 12.0. The maximum absolute atomic E-state index is 12.5. The lowest BCUT2D eigenvalue weighted by Crippen LogP contribution is -2.26. The second-order valence-electron chi connectivity index (χ2n) is 7.61. The predicted octanol–water partition coefficient (Wildman–Crippen LogP) is 4.60. The van der Waals surface area contributed by atoms with E-state index in [0.29, 0.717) is 11.1 Å². The van der Waals surface area contributed by atoms with E-state index in [4.69, 9.17) is 9.47 Å². The van der Waals surface area contributed by atoms with Crippen molar-refractivity contribution in [3.63, 3.8) is 0 Å². The van der Waals surface area contributed by atoms with Crippen molar-refractivity contribution in [3.05, 3.63) is 65.9 Å². The first-order valence-corrected chi connectivity index (χ1v) is 9.28. The van der Waals surface area contributed by atoms with Crippen LogP contribution in [0.4, 0.5) is 4.79 Å². The Kier molecular flexibility index (Phi) is 5.74. The zero-order valence-electron chi connectivity index (χ0n) is 17.0. The maximum atomic E-state index is 12.5. The molecule has 0 aliphatic heterocycles. The van der Waals surface area contributed by atoms with Crippen molar-refractivity contribution < 1.29 is 19.1 Å². The lowest BCUT2D eigenvalue weighted by molar-refractivity contribution is -0.113. The normalized spacial score (nSPS) is 10.9. The molecule has 2 aromatic carbocycles. The maximum Gasteiger partial charge on any atom is 0.419 e. The molecule has 0 atom stereocenters. The van der Waals surface area contributed by atoms with Gasteiger partial charge in [0.25, 0.3) is 0 Å². The van der Waals surface area contributed by atoms with Gasteiger partial charge in [0, 0.05) is 18.0 Å². The van der Waals surface area contributed by atoms with Gasteiger partial charge in [-0.05, 0) is 50.5 Å². The van der Waals surface area contributed by atoms with E-state index in [1.54, 1.807) is 13.3 Å². The number of nitrogens with zero attached hydrogens (tertiary/aromatic N) is 1. The van der Waals surface area contributed by atoms with Crippen LogP contribution in [0.3, 0.4) is 0 Å². The fourth-order valence-electron chi connectivity index (χ4n) is 2.85. The van der Waals surface area contributed by atoms with Gasteiger partial charge in [-0.1, -0.05) is 36.3 Å². The van der Waals surface area contributed by atoms with Crippen molar-refractivity contribution in [2.24, 2.45) is 0 Å². The molecule has 3 aromatic rings. The van der Waals surface area contributed by atoms with Crippen molar-refractivity contribution in [1.82, 2.24) is 4.57 Å². The lowest BCUT2D eigenvalue weighted by atomic mass is 10.1. The molecule has 148 valence electrons. The summed E-state index contributed by atoms with van der Waals surface area (Å²) in [4.78, 5) is 24.8. The highest BCUT2D eigenvalue weighted by atomic mass is 16.6. The van der Waals surface area contributed by atoms with Crippen molar-refractivity contribution in [2.75, 3.05) is 7.11 Å². The first-order valence-electron chi connectivity index (χ1n) is 9.28. The monoisotopic (exact) mass is 389 g/mol. The van der Waals surface area contributed by atoms with Gasteiger partial charge in [0.1, 0.15) is 11.4 Å². The molecule has 0 N–H and O–H groups in total. The molecule has 29 heavy (non-hydrogen) atoms. The molecule has 0 aliphatic rings. The van der Waals surface area contributed by atoms with E-state index < -0.39 is 11.7 Å². The first kappa shape index (κ1) is 20.2. The van der Waals surface area contributed by atoms with E-state index in [0.717, 1.165) is 16.7 Å². The SMILES string of the molecule is COc1ccc(CC(=O)C#Cc2cn(C(=O)OC(C)(C)C)c3ccccc23)cc1. The number of carbonyl (C=O) groups excluding carboxylic acids is 2. The molecule has 0 bridgehead atoms. The van der Waals surface area contributed by atoms with E-state index in [2.05, 4.69) is 11.8 Å². The Bertz CT molecular complexity index is 1110. The van der Waals surface area contributed by atoms with Crippen LogP contribution < -0.4 is 4.74 Å². The first-order chi connectivity index (χ1) is 13.8. The van der Waals surface area contributed by atoms with Gasteiger partial charge in [-0.25, -0.2) is 4.79 Å². The molecule has 1 aromatic heterocycles. The average Bonchev–Trinajstić information content (AvgIpc) is 3.05. The van der Waals surface area contributed by atoms with Gasteiger partial charge in [0.15, 0.2) is 0 Å². The second kappa shape index (κ2) is 8.24. The van der Waals surface area contributed by atoms with Crippen LogP contribution in [0.15, 0.2) is 54.7 Å². The zero-order chi connectivity index (χ0) is 21.0. The van der Waals surface area contributed by atoms with E-state index in [1.165, 1.54) is 4.57 Å². The van der Waals surface area contributed by atoms with Gasteiger partial charge in [-0.2, -0.15) is 0 Å². The van der Waals surface area contributed by atoms with Gasteiger partial charge in [0.05, 0.1) is 18.2 Å². The summed E-state index contributed by atoms with van der Waals surface area (Å²) in [5, 5.41) is 0.795. The average molecular weight is 389 g/mol. The highest BCUT2D eigenvalue weighted by Gasteiger charge is 2.20. The van der Waals surface area contributed by atoms with Crippen LogP contribution in [0.2, 0.25) is 0 Å². The van der Waals surface area contributed by atoms with E-state index >= 15 is 0 Å². The second-order valence-corrected chi connectivity index (χ2v) is 7.61. The Morgan fingerprint density at radius 3 is 2.38 bits per heavy atom. The highest BCUT2D eigenvalue weighted by molar-refractivity contribution is 5.99. The summed E-state index contributed by atoms with van der Waals surface area (Å²) >= 11 is 0. The Labute approximate surface area is 170 Å². The molecular weight excluding hydrogens is 366 g/mol. The summed E-state index contributed by atoms with van der Waals surface area (Å²) in [6.45, 7) is 5.44. The molecule has 0 aliphatic carbocycles. The fraction of sp³-hybridized carbons (Fsp3) is 0.250. The molecule has 0 fully saturated rings. The quantitative estimate of drug-likeness (QED) is 0.615. The van der Waals surface area contributed by atoms with Crippen molar-refractivity contribution in [3.8, 4) is 17.6 Å². The highest BCUT2D eigenvalue weighted by Crippen LogP contribution is 2.22. The van der Waals surface area contributed by atoms with Gasteiger partial charge in [-0.3, -0.25) is 9.36 Å². The number of aromatic nitrogens is 1. The van der Waals surface area contributed by atoms with Gasteiger partial charge >= 0.3 is 6.09 Å². The molecule has 0 saturated heterocycles. The molecule has 3 rings (SSSR count). The van der Waals surface area contributed by atoms with Crippen LogP contribution >= 0.6 is 0 Å². The number of para-hydroxylation sites is 1. The lowest BCUT2D eigenvalue weighted by Gasteiger charge is -2.19. The topological polar surface area (TPSA) is 57.5 Å². The minimum atomic E-state index is -0.609. The number of methoxy groups -OCH3 is 1. The Hall–Kier alpha value is -3.52. The zero-order valence-corrected chi connectivity index (χ0v) is 17.0. The molecule has 0 amide bonds. The summed E-state index contributed by atoms with van der Waals surface area (Å²) in [5.74, 6) is 6.13. The van der Waals surface area contributed by atoms with Crippen LogP contribution in [0.1, 0.15) is 31.9 Å². The molecule has 0 radical (unpaired) electrons. The smallest absolute Gasteiger partial charge is 0.419 e. The number of ketones is 1. The van der Waals surface area contributed by atoms with Crippen LogP contribution in [-0.2, 0) is 16.0 Å². The van der Waals surface area contributed by atoms with Crippen LogP contribution in [-0.4, -0.2) is 29.2 Å². The third-order valence-corrected chi connectivity index (χ3v) is 4.16. The summed E-state index contributed by atoms with van der Waals surface area (Å²) in [5.41, 5.74) is 1.55. The number of benzene rings is 2. The molecule has 0 spiro atoms. The van der Waals surface area contributed by atoms with Gasteiger partial charge < -0.3 is 9.47 Å². The van der Waals surface area contributed by atoms with Crippen LogP contribution in [0.25, 0.3) is 10.9 Å². The van der Waals surface area contributed by atoms with Gasteiger partial charge in [0.2, 0.25) is 5.78 Å². The number of rotatable bonds is 3. The van der Waals surface area contributed by atoms with Gasteiger partial charge in [-0.15, -0.1) is 0 Å². The van der Waals surface area contributed by atoms with Crippen LogP contribution in [0.5, 0.6) is 5.75 Å². The Morgan fingerprint density at radius 1 is 1.03 bits per heavy atom. The minimum absolute atomic E-state index is 0.204. The number of ether oxygens (including phenoxy) is 2. The van der Waals surface area contributed by atoms with Crippen molar-refractivity contribution >= 4 is 22.8 Å². The molecule has 0 unspecified atom stereocenters. The predicted molar refractivity (Wildman–Crippen MR) is 112 cm³/mol. The standard InChI is InChI=1S/C24H23NO4/c1-24(2,3)29-23(27)25-16-18(21-7-5-6-8-22(21)25)11-12-19(26)15-17-9-13-20(28-4)14-10-17/h5-10,13-14,16H,15H2,1-4H3.